The van der Waals surface area contributed by atoms with Crippen LogP contribution in [0.4, 0.5) is 5.69 Å². The Hall–Kier alpha value is -2.29. The van der Waals surface area contributed by atoms with Crippen molar-refractivity contribution < 1.29 is 4.79 Å². The minimum Gasteiger partial charge on any atom is -0.372 e. The van der Waals surface area contributed by atoms with Crippen molar-refractivity contribution in [2.75, 3.05) is 38.1 Å². The van der Waals surface area contributed by atoms with Gasteiger partial charge in [0.25, 0.3) is 5.91 Å². The minimum absolute atomic E-state index is 0. The van der Waals surface area contributed by atoms with Gasteiger partial charge in [0.15, 0.2) is 5.96 Å². The number of aliphatic imine (C=N–C) groups is 1. The number of hydrogen-bond acceptors (Lipinski definition) is 3. The Morgan fingerprint density at radius 1 is 1.06 bits per heavy atom. The lowest BCUT2D eigenvalue weighted by atomic mass is 10.1. The van der Waals surface area contributed by atoms with E-state index in [-0.39, 0.29) is 35.9 Å². The molecule has 7 heteroatoms. The summed E-state index contributed by atoms with van der Waals surface area (Å²) < 4.78 is 0. The Bertz CT molecular complexity index is 880. The standard InChI is InChI=1S/C24H33N5O.HI/c1-18-8-6-10-21(16-18)23(30)26-12-13-27-24(25-3)28-19(2)20-9-7-11-22(17-20)29-14-4-5-15-29;/h6-11,16-17,19H,4-5,12-15H2,1-3H3,(H,26,30)(H2,25,27,28);1H. The Morgan fingerprint density at radius 3 is 2.48 bits per heavy atom. The lowest BCUT2D eigenvalue weighted by Gasteiger charge is -2.22. The Morgan fingerprint density at radius 2 is 1.77 bits per heavy atom. The molecule has 0 saturated carbocycles. The number of anilines is 1. The zero-order valence-electron chi connectivity index (χ0n) is 18.6. The molecule has 1 amide bonds. The fraction of sp³-hybridized carbons (Fsp3) is 0.417. The van der Waals surface area contributed by atoms with Crippen LogP contribution in [0.1, 0.15) is 47.3 Å². The lowest BCUT2D eigenvalue weighted by Crippen LogP contribution is -2.42. The zero-order chi connectivity index (χ0) is 21.3. The van der Waals surface area contributed by atoms with E-state index in [9.17, 15) is 4.79 Å². The molecule has 2 aromatic rings. The molecule has 1 fully saturated rings. The molecular weight excluding hydrogens is 501 g/mol. The first-order chi connectivity index (χ1) is 14.6. The number of carbonyl (C=O) groups is 1. The van der Waals surface area contributed by atoms with E-state index in [0.29, 0.717) is 18.7 Å². The third-order valence-corrected chi connectivity index (χ3v) is 5.40. The molecule has 1 atom stereocenters. The van der Waals surface area contributed by atoms with Crippen LogP contribution in [0, 0.1) is 6.92 Å². The number of rotatable bonds is 7. The number of nitrogens with one attached hydrogen (secondary N) is 3. The van der Waals surface area contributed by atoms with Gasteiger partial charge in [-0.25, -0.2) is 0 Å². The summed E-state index contributed by atoms with van der Waals surface area (Å²) in [5, 5.41) is 9.65. The number of nitrogens with zero attached hydrogens (tertiary/aromatic N) is 2. The van der Waals surface area contributed by atoms with Gasteiger partial charge < -0.3 is 20.9 Å². The molecule has 1 heterocycles. The number of halogens is 1. The second-order valence-corrected chi connectivity index (χ2v) is 7.78. The summed E-state index contributed by atoms with van der Waals surface area (Å²) >= 11 is 0. The molecule has 168 valence electrons. The van der Waals surface area contributed by atoms with Gasteiger partial charge in [-0.05, 0) is 56.5 Å². The highest BCUT2D eigenvalue weighted by atomic mass is 127. The summed E-state index contributed by atoms with van der Waals surface area (Å²) in [6, 6.07) is 16.4. The number of carbonyl (C=O) groups excluding carboxylic acids is 1. The molecule has 0 spiro atoms. The topological polar surface area (TPSA) is 68.8 Å². The van der Waals surface area contributed by atoms with Crippen LogP contribution in [0.25, 0.3) is 0 Å². The largest absolute Gasteiger partial charge is 0.372 e. The van der Waals surface area contributed by atoms with E-state index in [2.05, 4.69) is 57.0 Å². The zero-order valence-corrected chi connectivity index (χ0v) is 21.0. The van der Waals surface area contributed by atoms with Gasteiger partial charge in [0.05, 0.1) is 6.04 Å². The highest BCUT2D eigenvalue weighted by Gasteiger charge is 2.14. The fourth-order valence-electron chi connectivity index (χ4n) is 3.69. The molecule has 0 radical (unpaired) electrons. The van der Waals surface area contributed by atoms with Gasteiger partial charge in [0, 0.05) is 44.5 Å². The predicted molar refractivity (Wildman–Crippen MR) is 140 cm³/mol. The van der Waals surface area contributed by atoms with Crippen LogP contribution in [-0.4, -0.2) is 45.1 Å². The van der Waals surface area contributed by atoms with E-state index in [0.717, 1.165) is 24.6 Å². The van der Waals surface area contributed by atoms with Gasteiger partial charge in [-0.3, -0.25) is 9.79 Å². The maximum Gasteiger partial charge on any atom is 0.251 e. The monoisotopic (exact) mass is 535 g/mol. The van der Waals surface area contributed by atoms with Gasteiger partial charge in [0.1, 0.15) is 0 Å². The summed E-state index contributed by atoms with van der Waals surface area (Å²) in [5.74, 6) is 0.662. The highest BCUT2D eigenvalue weighted by molar-refractivity contribution is 14.0. The molecule has 31 heavy (non-hydrogen) atoms. The molecule has 6 nitrogen and oxygen atoms in total. The fourth-order valence-corrected chi connectivity index (χ4v) is 3.69. The summed E-state index contributed by atoms with van der Waals surface area (Å²) in [4.78, 5) is 19.0. The van der Waals surface area contributed by atoms with E-state index in [1.54, 1.807) is 7.05 Å². The van der Waals surface area contributed by atoms with Gasteiger partial charge in [0.2, 0.25) is 0 Å². The average molecular weight is 535 g/mol. The van der Waals surface area contributed by atoms with Gasteiger partial charge in [-0.1, -0.05) is 29.8 Å². The molecule has 3 N–H and O–H groups in total. The number of hydrogen-bond donors (Lipinski definition) is 3. The van der Waals surface area contributed by atoms with Crippen molar-refractivity contribution in [3.05, 3.63) is 65.2 Å². The predicted octanol–water partition coefficient (Wildman–Crippen LogP) is 3.87. The van der Waals surface area contributed by atoms with Crippen molar-refractivity contribution >= 4 is 41.5 Å². The van der Waals surface area contributed by atoms with Gasteiger partial charge >= 0.3 is 0 Å². The van der Waals surface area contributed by atoms with Crippen molar-refractivity contribution in [2.45, 2.75) is 32.7 Å². The molecule has 0 bridgehead atoms. The van der Waals surface area contributed by atoms with E-state index in [1.165, 1.54) is 24.1 Å². The smallest absolute Gasteiger partial charge is 0.251 e. The molecule has 2 aromatic carbocycles. The summed E-state index contributed by atoms with van der Waals surface area (Å²) in [7, 11) is 1.76. The first-order valence-corrected chi connectivity index (χ1v) is 10.7. The normalized spacial score (nSPS) is 14.5. The first kappa shape index (κ1) is 25.0. The van der Waals surface area contributed by atoms with Crippen LogP contribution in [-0.2, 0) is 0 Å². The van der Waals surface area contributed by atoms with E-state index in [1.807, 2.05) is 31.2 Å². The SMILES string of the molecule is CN=C(NCCNC(=O)c1cccc(C)c1)NC(C)c1cccc(N2CCCC2)c1.I. The maximum absolute atomic E-state index is 12.2. The van der Waals surface area contributed by atoms with Crippen molar-refractivity contribution in [2.24, 2.45) is 4.99 Å². The van der Waals surface area contributed by atoms with Crippen LogP contribution in [0.5, 0.6) is 0 Å². The third kappa shape index (κ3) is 7.41. The first-order valence-electron chi connectivity index (χ1n) is 10.7. The Balaban J connectivity index is 0.00000341. The summed E-state index contributed by atoms with van der Waals surface area (Å²) in [5.41, 5.74) is 4.28. The Labute approximate surface area is 202 Å². The van der Waals surface area contributed by atoms with E-state index in [4.69, 9.17) is 0 Å². The molecule has 1 saturated heterocycles. The highest BCUT2D eigenvalue weighted by Crippen LogP contribution is 2.23. The second-order valence-electron chi connectivity index (χ2n) is 7.78. The van der Waals surface area contributed by atoms with Crippen LogP contribution in [0.15, 0.2) is 53.5 Å². The number of guanidine groups is 1. The second kappa shape index (κ2) is 12.5. The number of benzene rings is 2. The van der Waals surface area contributed by atoms with Crippen molar-refractivity contribution in [3.8, 4) is 0 Å². The Kier molecular flexibility index (Phi) is 10.1. The summed E-state index contributed by atoms with van der Waals surface area (Å²) in [6.07, 6.45) is 2.55. The lowest BCUT2D eigenvalue weighted by molar-refractivity contribution is 0.0954. The van der Waals surface area contributed by atoms with Crippen molar-refractivity contribution in [1.82, 2.24) is 16.0 Å². The van der Waals surface area contributed by atoms with Crippen molar-refractivity contribution in [1.29, 1.82) is 0 Å². The minimum atomic E-state index is -0.0597. The van der Waals surface area contributed by atoms with Crippen molar-refractivity contribution in [3.63, 3.8) is 0 Å². The average Bonchev–Trinajstić information content (AvgIpc) is 3.30. The van der Waals surface area contributed by atoms with E-state index < -0.39 is 0 Å². The molecular formula is C24H34IN5O. The molecule has 1 unspecified atom stereocenters. The number of amides is 1. The molecule has 1 aliphatic heterocycles. The molecule has 1 aliphatic rings. The van der Waals surface area contributed by atoms with Gasteiger partial charge in [-0.15, -0.1) is 24.0 Å². The molecule has 0 aromatic heterocycles. The molecule has 3 rings (SSSR count). The summed E-state index contributed by atoms with van der Waals surface area (Å²) in [6.45, 7) is 7.51. The number of aryl methyl sites for hydroxylation is 1. The quantitative estimate of drug-likeness (QED) is 0.218. The van der Waals surface area contributed by atoms with E-state index >= 15 is 0 Å². The third-order valence-electron chi connectivity index (χ3n) is 5.40. The maximum atomic E-state index is 12.2. The van der Waals surface area contributed by atoms with Crippen LogP contribution in [0.3, 0.4) is 0 Å². The van der Waals surface area contributed by atoms with Crippen LogP contribution >= 0.6 is 24.0 Å². The van der Waals surface area contributed by atoms with Crippen LogP contribution in [0.2, 0.25) is 0 Å². The van der Waals surface area contributed by atoms with Crippen LogP contribution < -0.4 is 20.9 Å². The van der Waals surface area contributed by atoms with Gasteiger partial charge in [-0.2, -0.15) is 0 Å². The molecule has 0 aliphatic carbocycles.